The Bertz CT molecular complexity index is 71.3. The van der Waals surface area contributed by atoms with Gasteiger partial charge in [-0.05, 0) is 18.9 Å². The van der Waals surface area contributed by atoms with Gasteiger partial charge in [-0.25, -0.2) is 0 Å². The van der Waals surface area contributed by atoms with E-state index in [9.17, 15) is 0 Å². The molecule has 1 rings (SSSR count). The number of hydrogen-bond donors (Lipinski definition) is 2. The zero-order chi connectivity index (χ0) is 6.53. The average molecular weight is 129 g/mol. The van der Waals surface area contributed by atoms with Crippen LogP contribution >= 0.6 is 0 Å². The second-order valence-electron chi connectivity index (χ2n) is 2.74. The summed E-state index contributed by atoms with van der Waals surface area (Å²) in [5.41, 5.74) is 0. The van der Waals surface area contributed by atoms with Crippen LogP contribution in [0.2, 0.25) is 0 Å². The van der Waals surface area contributed by atoms with E-state index in [4.69, 9.17) is 5.11 Å². The lowest BCUT2D eigenvalue weighted by Gasteiger charge is -2.24. The first kappa shape index (κ1) is 7.03. The molecule has 54 valence electrons. The zero-order valence-electron chi connectivity index (χ0n) is 5.77. The van der Waals surface area contributed by atoms with Gasteiger partial charge in [-0.1, -0.05) is 19.3 Å². The smallest absolute Gasteiger partial charge is 0.0931 e. The third-order valence-electron chi connectivity index (χ3n) is 2.07. The largest absolute Gasteiger partial charge is 0.381 e. The Balaban J connectivity index is 1.80. The summed E-state index contributed by atoms with van der Waals surface area (Å²) in [6.07, 6.45) is 5.49. The summed E-state index contributed by atoms with van der Waals surface area (Å²) in [5.74, 6) is 0.962. The summed E-state index contributed by atoms with van der Waals surface area (Å²) in [6.45, 7) is 1.12. The van der Waals surface area contributed by atoms with Crippen LogP contribution in [0.4, 0.5) is 0 Å². The van der Waals surface area contributed by atoms with Crippen LogP contribution in [0.3, 0.4) is 0 Å². The monoisotopic (exact) mass is 129 g/mol. The molecule has 0 unspecified atom stereocenters. The lowest BCUT2D eigenvalue weighted by molar-refractivity contribution is 0.239. The van der Waals surface area contributed by atoms with E-state index in [1.165, 1.54) is 25.7 Å². The van der Waals surface area contributed by atoms with Crippen molar-refractivity contribution in [3.05, 3.63) is 0 Å². The number of aliphatic hydroxyl groups is 1. The molecule has 0 atom stereocenters. The SMILES string of the molecule is OCNCCC1CCC1. The highest BCUT2D eigenvalue weighted by atomic mass is 16.3. The van der Waals surface area contributed by atoms with Crippen LogP contribution in [0.15, 0.2) is 0 Å². The lowest BCUT2D eigenvalue weighted by atomic mass is 9.83. The number of aliphatic hydroxyl groups excluding tert-OH is 1. The fourth-order valence-corrected chi connectivity index (χ4v) is 1.17. The third kappa shape index (κ3) is 2.33. The molecule has 0 heterocycles. The Labute approximate surface area is 56.3 Å². The molecule has 1 fully saturated rings. The maximum absolute atomic E-state index is 8.36. The molecule has 0 spiro atoms. The van der Waals surface area contributed by atoms with Crippen LogP contribution in [0.5, 0.6) is 0 Å². The van der Waals surface area contributed by atoms with Crippen LogP contribution in [0.25, 0.3) is 0 Å². The summed E-state index contributed by atoms with van der Waals surface area (Å²) in [4.78, 5) is 0. The molecule has 2 N–H and O–H groups in total. The van der Waals surface area contributed by atoms with Gasteiger partial charge in [0.2, 0.25) is 0 Å². The van der Waals surface area contributed by atoms with Crippen molar-refractivity contribution in [1.82, 2.24) is 5.32 Å². The van der Waals surface area contributed by atoms with E-state index in [-0.39, 0.29) is 6.73 Å². The van der Waals surface area contributed by atoms with Crippen molar-refractivity contribution in [2.45, 2.75) is 25.7 Å². The summed E-state index contributed by atoms with van der Waals surface area (Å²) < 4.78 is 0. The van der Waals surface area contributed by atoms with Gasteiger partial charge in [-0.2, -0.15) is 0 Å². The molecular weight excluding hydrogens is 114 g/mol. The van der Waals surface area contributed by atoms with Crippen molar-refractivity contribution in [2.75, 3.05) is 13.3 Å². The molecule has 1 saturated carbocycles. The average Bonchev–Trinajstić information content (AvgIpc) is 1.76. The number of hydrogen-bond acceptors (Lipinski definition) is 2. The van der Waals surface area contributed by atoms with E-state index in [1.807, 2.05) is 0 Å². The molecule has 0 radical (unpaired) electrons. The minimum absolute atomic E-state index is 0.132. The predicted molar refractivity (Wildman–Crippen MR) is 37.0 cm³/mol. The molecule has 0 aliphatic heterocycles. The van der Waals surface area contributed by atoms with Crippen LogP contribution in [-0.4, -0.2) is 18.4 Å². The van der Waals surface area contributed by atoms with Crippen LogP contribution in [0, 0.1) is 5.92 Å². The molecule has 0 aromatic carbocycles. The minimum Gasteiger partial charge on any atom is -0.381 e. The third-order valence-corrected chi connectivity index (χ3v) is 2.07. The number of rotatable bonds is 4. The van der Waals surface area contributed by atoms with Crippen molar-refractivity contribution in [3.8, 4) is 0 Å². The van der Waals surface area contributed by atoms with E-state index in [0.717, 1.165) is 12.5 Å². The van der Waals surface area contributed by atoms with Gasteiger partial charge >= 0.3 is 0 Å². The van der Waals surface area contributed by atoms with Gasteiger partial charge in [-0.3, -0.25) is 5.32 Å². The summed E-state index contributed by atoms with van der Waals surface area (Å²) in [6, 6.07) is 0. The summed E-state index contributed by atoms with van der Waals surface area (Å²) in [5, 5.41) is 11.3. The Morgan fingerprint density at radius 3 is 2.67 bits per heavy atom. The van der Waals surface area contributed by atoms with Crippen molar-refractivity contribution in [3.63, 3.8) is 0 Å². The summed E-state index contributed by atoms with van der Waals surface area (Å²) >= 11 is 0. The fourth-order valence-electron chi connectivity index (χ4n) is 1.17. The van der Waals surface area contributed by atoms with Gasteiger partial charge in [0.15, 0.2) is 0 Å². The molecule has 2 nitrogen and oxygen atoms in total. The second-order valence-corrected chi connectivity index (χ2v) is 2.74. The van der Waals surface area contributed by atoms with E-state index in [2.05, 4.69) is 5.32 Å². The Kier molecular flexibility index (Phi) is 3.01. The fraction of sp³-hybridized carbons (Fsp3) is 1.00. The maximum atomic E-state index is 8.36. The van der Waals surface area contributed by atoms with Crippen molar-refractivity contribution >= 4 is 0 Å². The number of nitrogens with one attached hydrogen (secondary N) is 1. The molecule has 0 bridgehead atoms. The Morgan fingerprint density at radius 2 is 2.22 bits per heavy atom. The standard InChI is InChI=1S/C7H15NO/c9-6-8-5-4-7-2-1-3-7/h7-9H,1-6H2. The second kappa shape index (κ2) is 3.85. The predicted octanol–water partition coefficient (Wildman–Crippen LogP) is 0.716. The van der Waals surface area contributed by atoms with Crippen molar-refractivity contribution < 1.29 is 5.11 Å². The van der Waals surface area contributed by atoms with Crippen molar-refractivity contribution in [2.24, 2.45) is 5.92 Å². The highest BCUT2D eigenvalue weighted by molar-refractivity contribution is 4.69. The van der Waals surface area contributed by atoms with E-state index in [1.54, 1.807) is 0 Å². The molecule has 9 heavy (non-hydrogen) atoms. The minimum atomic E-state index is 0.132. The van der Waals surface area contributed by atoms with Gasteiger partial charge in [0.05, 0.1) is 6.73 Å². The molecule has 0 aromatic heterocycles. The van der Waals surface area contributed by atoms with Crippen molar-refractivity contribution in [1.29, 1.82) is 0 Å². The molecule has 1 aliphatic rings. The van der Waals surface area contributed by atoms with Crippen LogP contribution < -0.4 is 5.32 Å². The molecule has 1 aliphatic carbocycles. The summed E-state index contributed by atoms with van der Waals surface area (Å²) in [7, 11) is 0. The van der Waals surface area contributed by atoms with Gasteiger partial charge < -0.3 is 5.11 Å². The first-order valence-electron chi connectivity index (χ1n) is 3.75. The highest BCUT2D eigenvalue weighted by Gasteiger charge is 2.15. The van der Waals surface area contributed by atoms with Crippen LogP contribution in [-0.2, 0) is 0 Å². The highest BCUT2D eigenvalue weighted by Crippen LogP contribution is 2.28. The molecular formula is C7H15NO. The zero-order valence-corrected chi connectivity index (χ0v) is 5.77. The molecule has 0 saturated heterocycles. The van der Waals surface area contributed by atoms with E-state index < -0.39 is 0 Å². The quantitative estimate of drug-likeness (QED) is 0.433. The Hall–Kier alpha value is -0.0800. The molecule has 2 heteroatoms. The first-order chi connectivity index (χ1) is 4.43. The lowest BCUT2D eigenvalue weighted by Crippen LogP contribution is -2.21. The van der Waals surface area contributed by atoms with E-state index >= 15 is 0 Å². The van der Waals surface area contributed by atoms with Gasteiger partial charge in [0.25, 0.3) is 0 Å². The Morgan fingerprint density at radius 1 is 1.44 bits per heavy atom. The van der Waals surface area contributed by atoms with E-state index in [0.29, 0.717) is 0 Å². The van der Waals surface area contributed by atoms with Gasteiger partial charge in [0, 0.05) is 0 Å². The first-order valence-corrected chi connectivity index (χ1v) is 3.75. The maximum Gasteiger partial charge on any atom is 0.0931 e. The molecule has 0 aromatic rings. The van der Waals surface area contributed by atoms with Crippen LogP contribution in [0.1, 0.15) is 25.7 Å². The molecule has 0 amide bonds. The topological polar surface area (TPSA) is 32.3 Å². The van der Waals surface area contributed by atoms with Gasteiger partial charge in [0.1, 0.15) is 0 Å². The normalized spacial score (nSPS) is 19.7. The van der Waals surface area contributed by atoms with Gasteiger partial charge in [-0.15, -0.1) is 0 Å².